The molecule has 0 radical (unpaired) electrons. The van der Waals surface area contributed by atoms with E-state index in [1.54, 1.807) is 0 Å². The van der Waals surface area contributed by atoms with Gasteiger partial charge in [-0.1, -0.05) is 63.6 Å². The number of carbonyl (C=O) groups excluding carboxylic acids is 1. The van der Waals surface area contributed by atoms with E-state index in [0.29, 0.717) is 24.2 Å². The number of benzene rings is 2. The zero-order valence-corrected chi connectivity index (χ0v) is 19.2. The highest BCUT2D eigenvalue weighted by molar-refractivity contribution is 5.87. The van der Waals surface area contributed by atoms with Crippen molar-refractivity contribution in [3.63, 3.8) is 0 Å². The number of ether oxygens (including phenoxy) is 1. The van der Waals surface area contributed by atoms with Gasteiger partial charge in [0.05, 0.1) is 6.42 Å². The Morgan fingerprint density at radius 1 is 1.17 bits per heavy atom. The Morgan fingerprint density at radius 3 is 2.70 bits per heavy atom. The lowest BCUT2D eigenvalue weighted by molar-refractivity contribution is -0.156. The number of rotatable bonds is 4. The second-order valence-corrected chi connectivity index (χ2v) is 10.7. The Labute approximate surface area is 181 Å². The summed E-state index contributed by atoms with van der Waals surface area (Å²) in [5.74, 6) is 1.61. The van der Waals surface area contributed by atoms with Crippen LogP contribution in [-0.2, 0) is 16.0 Å². The van der Waals surface area contributed by atoms with Crippen molar-refractivity contribution in [1.82, 2.24) is 5.32 Å². The van der Waals surface area contributed by atoms with Crippen molar-refractivity contribution in [2.24, 2.45) is 17.8 Å². The highest BCUT2D eigenvalue weighted by Crippen LogP contribution is 2.38. The summed E-state index contributed by atoms with van der Waals surface area (Å²) in [6, 6.07) is 13.0. The summed E-state index contributed by atoms with van der Waals surface area (Å²) in [7, 11) is 0. The molecule has 162 valence electrons. The second-order valence-electron chi connectivity index (χ2n) is 10.7. The lowest BCUT2D eigenvalue weighted by Crippen LogP contribution is -2.48. The van der Waals surface area contributed by atoms with Gasteiger partial charge in [-0.25, -0.2) is 0 Å². The Bertz CT molecular complexity index is 916. The minimum absolute atomic E-state index is 0.000583. The summed E-state index contributed by atoms with van der Waals surface area (Å²) in [4.78, 5) is 13.1. The number of carbonyl (C=O) groups is 1. The molecule has 0 spiro atoms. The van der Waals surface area contributed by atoms with Crippen LogP contribution in [0, 0.1) is 17.8 Å². The molecule has 4 atom stereocenters. The van der Waals surface area contributed by atoms with Crippen LogP contribution in [0.15, 0.2) is 36.4 Å². The van der Waals surface area contributed by atoms with Gasteiger partial charge in [-0.3, -0.25) is 4.79 Å². The van der Waals surface area contributed by atoms with Crippen molar-refractivity contribution in [1.29, 1.82) is 0 Å². The normalized spacial score (nSPS) is 28.3. The summed E-state index contributed by atoms with van der Waals surface area (Å²) in [5.41, 5.74) is 2.57. The van der Waals surface area contributed by atoms with Crippen molar-refractivity contribution in [2.45, 2.75) is 84.4 Å². The fourth-order valence-electron chi connectivity index (χ4n) is 5.71. The van der Waals surface area contributed by atoms with Gasteiger partial charge < -0.3 is 10.1 Å². The maximum atomic E-state index is 13.1. The maximum Gasteiger partial charge on any atom is 0.308 e. The van der Waals surface area contributed by atoms with Crippen molar-refractivity contribution >= 4 is 16.7 Å². The Hall–Kier alpha value is -1.87. The Kier molecular flexibility index (Phi) is 5.94. The van der Waals surface area contributed by atoms with E-state index in [1.165, 1.54) is 34.7 Å². The fraction of sp³-hybridized carbons (Fsp3) is 0.593. The molecular weight excluding hydrogens is 370 g/mol. The van der Waals surface area contributed by atoms with Gasteiger partial charge in [0.25, 0.3) is 0 Å². The lowest BCUT2D eigenvalue weighted by atomic mass is 9.75. The smallest absolute Gasteiger partial charge is 0.308 e. The molecule has 3 nitrogen and oxygen atoms in total. The van der Waals surface area contributed by atoms with E-state index in [2.05, 4.69) is 76.3 Å². The molecule has 4 rings (SSSR count). The van der Waals surface area contributed by atoms with Crippen LogP contribution in [0.2, 0.25) is 0 Å². The third-order valence-electron chi connectivity index (χ3n) is 7.25. The maximum absolute atomic E-state index is 13.1. The highest BCUT2D eigenvalue weighted by atomic mass is 16.5. The third kappa shape index (κ3) is 4.42. The van der Waals surface area contributed by atoms with Gasteiger partial charge >= 0.3 is 5.97 Å². The molecular formula is C27H37NO2. The van der Waals surface area contributed by atoms with Crippen molar-refractivity contribution < 1.29 is 9.53 Å². The topological polar surface area (TPSA) is 38.3 Å². The van der Waals surface area contributed by atoms with E-state index in [-0.39, 0.29) is 23.7 Å². The highest BCUT2D eigenvalue weighted by Gasteiger charge is 2.36. The quantitative estimate of drug-likeness (QED) is 0.613. The second kappa shape index (κ2) is 8.34. The summed E-state index contributed by atoms with van der Waals surface area (Å²) in [6.07, 6.45) is 4.83. The van der Waals surface area contributed by atoms with Crippen LogP contribution < -0.4 is 5.32 Å². The Morgan fingerprint density at radius 2 is 1.93 bits per heavy atom. The van der Waals surface area contributed by atoms with Crippen LogP contribution in [0.1, 0.15) is 77.5 Å². The number of esters is 1. The third-order valence-corrected chi connectivity index (χ3v) is 7.25. The van der Waals surface area contributed by atoms with Crippen LogP contribution in [0.25, 0.3) is 10.8 Å². The summed E-state index contributed by atoms with van der Waals surface area (Å²) < 4.78 is 6.13. The van der Waals surface area contributed by atoms with Crippen molar-refractivity contribution in [2.75, 3.05) is 0 Å². The van der Waals surface area contributed by atoms with Crippen LogP contribution >= 0.6 is 0 Å². The van der Waals surface area contributed by atoms with Gasteiger partial charge in [0.1, 0.15) is 6.10 Å². The lowest BCUT2D eigenvalue weighted by Gasteiger charge is -2.40. The molecule has 2 aliphatic rings. The molecule has 2 aromatic rings. The van der Waals surface area contributed by atoms with Gasteiger partial charge in [-0.15, -0.1) is 0 Å². The fourth-order valence-corrected chi connectivity index (χ4v) is 5.71. The number of fused-ring (bicyclic) bond motifs is 3. The average molecular weight is 408 g/mol. The van der Waals surface area contributed by atoms with Crippen molar-refractivity contribution in [3.05, 3.63) is 47.5 Å². The first-order valence-electron chi connectivity index (χ1n) is 11.7. The minimum atomic E-state index is -0.0611. The van der Waals surface area contributed by atoms with Crippen molar-refractivity contribution in [3.8, 4) is 0 Å². The standard InChI is InChI=1S/C27H37NO2/c1-17(2)20-12-10-18(3)14-25(20)30-26(29)15-24-22-13-11-19-8-6-7-9-21(19)23(22)16-27(4,5)28-24/h6-9,11,13,17-18,20,24-25,28H,10,12,14-16H2,1-5H3. The molecule has 2 aromatic carbocycles. The number of hydrogen-bond donors (Lipinski definition) is 1. The van der Waals surface area contributed by atoms with E-state index in [9.17, 15) is 4.79 Å². The van der Waals surface area contributed by atoms with E-state index in [1.807, 2.05) is 0 Å². The van der Waals surface area contributed by atoms with E-state index < -0.39 is 0 Å². The predicted octanol–water partition coefficient (Wildman–Crippen LogP) is 6.20. The van der Waals surface area contributed by atoms with Gasteiger partial charge in [0.2, 0.25) is 0 Å². The molecule has 1 N–H and O–H groups in total. The largest absolute Gasteiger partial charge is 0.462 e. The molecule has 0 amide bonds. The van der Waals surface area contributed by atoms with Crippen LogP contribution in [0.4, 0.5) is 0 Å². The van der Waals surface area contributed by atoms with Gasteiger partial charge in [-0.05, 0) is 72.8 Å². The molecule has 1 aliphatic heterocycles. The van der Waals surface area contributed by atoms with E-state index >= 15 is 0 Å². The van der Waals surface area contributed by atoms with E-state index in [0.717, 1.165) is 12.8 Å². The monoisotopic (exact) mass is 407 g/mol. The summed E-state index contributed by atoms with van der Waals surface area (Å²) >= 11 is 0. The summed E-state index contributed by atoms with van der Waals surface area (Å²) in [6.45, 7) is 11.3. The van der Waals surface area contributed by atoms with Crippen LogP contribution in [0.3, 0.4) is 0 Å². The zero-order chi connectivity index (χ0) is 21.5. The molecule has 30 heavy (non-hydrogen) atoms. The van der Waals surface area contributed by atoms with Gasteiger partial charge in [0.15, 0.2) is 0 Å². The zero-order valence-electron chi connectivity index (χ0n) is 19.2. The minimum Gasteiger partial charge on any atom is -0.462 e. The average Bonchev–Trinajstić information content (AvgIpc) is 2.66. The van der Waals surface area contributed by atoms with Crippen LogP contribution in [0.5, 0.6) is 0 Å². The molecule has 0 saturated heterocycles. The number of nitrogens with one attached hydrogen (secondary N) is 1. The molecule has 1 aliphatic carbocycles. The molecule has 4 unspecified atom stereocenters. The first-order valence-corrected chi connectivity index (χ1v) is 11.7. The molecule has 1 fully saturated rings. The molecule has 1 heterocycles. The number of hydrogen-bond acceptors (Lipinski definition) is 3. The molecule has 0 aromatic heterocycles. The van der Waals surface area contributed by atoms with Gasteiger partial charge in [0, 0.05) is 11.6 Å². The molecule has 3 heteroatoms. The molecule has 1 saturated carbocycles. The first kappa shape index (κ1) is 21.4. The molecule has 0 bridgehead atoms. The summed E-state index contributed by atoms with van der Waals surface area (Å²) in [5, 5.41) is 6.30. The first-order chi connectivity index (χ1) is 14.2. The predicted molar refractivity (Wildman–Crippen MR) is 123 cm³/mol. The van der Waals surface area contributed by atoms with E-state index in [4.69, 9.17) is 4.74 Å². The Balaban J connectivity index is 1.56. The SMILES string of the molecule is CC1CCC(C(C)C)C(OC(=O)CC2NC(C)(C)Cc3c2ccc2ccccc32)C1. The van der Waals surface area contributed by atoms with Crippen LogP contribution in [-0.4, -0.2) is 17.6 Å². The van der Waals surface area contributed by atoms with Gasteiger partial charge in [-0.2, -0.15) is 0 Å².